The summed E-state index contributed by atoms with van der Waals surface area (Å²) in [5.74, 6) is -0.599. The van der Waals surface area contributed by atoms with Crippen molar-refractivity contribution in [2.45, 2.75) is 84.7 Å². The number of ketones is 1. The Kier molecular flexibility index (Phi) is 23.1. The molecule has 0 aromatic rings. The molecule has 0 saturated carbocycles. The minimum atomic E-state index is -1.22. The van der Waals surface area contributed by atoms with Crippen molar-refractivity contribution in [1.29, 1.82) is 0 Å². The van der Waals surface area contributed by atoms with Crippen molar-refractivity contribution >= 4 is 11.8 Å². The molecule has 0 fully saturated rings. The molecule has 38 heavy (non-hydrogen) atoms. The first-order chi connectivity index (χ1) is 18.3. The molecule has 0 aromatic carbocycles. The molecule has 0 aromatic heterocycles. The molecule has 0 saturated heterocycles. The number of esters is 1. The van der Waals surface area contributed by atoms with E-state index >= 15 is 0 Å². The zero-order valence-electron chi connectivity index (χ0n) is 23.8. The van der Waals surface area contributed by atoms with Crippen LogP contribution < -0.4 is 5.32 Å². The van der Waals surface area contributed by atoms with Gasteiger partial charge in [-0.2, -0.15) is 0 Å². The highest BCUT2D eigenvalue weighted by atomic mass is 16.5. The monoisotopic (exact) mass is 529 g/mol. The largest absolute Gasteiger partial charge is 0.466 e. The van der Waals surface area contributed by atoms with Gasteiger partial charge in [0.2, 0.25) is 0 Å². The van der Waals surface area contributed by atoms with Crippen molar-refractivity contribution in [2.75, 3.05) is 26.3 Å². The molecule has 3 N–H and O–H groups in total. The molecule has 0 rings (SSSR count). The fourth-order valence-corrected chi connectivity index (χ4v) is 3.13. The first-order valence-electron chi connectivity index (χ1n) is 13.9. The Bertz CT molecular complexity index is 790. The van der Waals surface area contributed by atoms with Crippen LogP contribution in [-0.2, 0) is 14.3 Å². The molecular weight excluding hydrogens is 478 g/mol. The highest BCUT2D eigenvalue weighted by Crippen LogP contribution is 2.19. The van der Waals surface area contributed by atoms with Crippen LogP contribution in [0.3, 0.4) is 0 Å². The third kappa shape index (κ3) is 21.5. The number of rotatable bonds is 23. The van der Waals surface area contributed by atoms with Crippen LogP contribution in [0.4, 0.5) is 0 Å². The highest BCUT2D eigenvalue weighted by molar-refractivity contribution is 5.85. The number of aliphatic hydroxyl groups excluding tert-OH is 2. The molecule has 0 unspecified atom stereocenters. The number of hydrogen-bond acceptors (Lipinski definition) is 6. The second-order valence-corrected chi connectivity index (χ2v) is 9.72. The van der Waals surface area contributed by atoms with E-state index in [1.807, 2.05) is 6.08 Å². The van der Waals surface area contributed by atoms with Gasteiger partial charge in [-0.05, 0) is 57.9 Å². The predicted octanol–water partition coefficient (Wildman–Crippen LogP) is 5.94. The summed E-state index contributed by atoms with van der Waals surface area (Å²) in [6.45, 7) is 5.94. The Hall–Kier alpha value is -2.54. The molecule has 0 bridgehead atoms. The van der Waals surface area contributed by atoms with Crippen LogP contribution in [0.25, 0.3) is 0 Å². The molecule has 6 heteroatoms. The third-order valence-corrected chi connectivity index (χ3v) is 5.62. The lowest BCUT2D eigenvalue weighted by Gasteiger charge is -2.27. The minimum Gasteiger partial charge on any atom is -0.466 e. The van der Waals surface area contributed by atoms with E-state index in [1.54, 1.807) is 13.8 Å². The van der Waals surface area contributed by atoms with Crippen LogP contribution >= 0.6 is 0 Å². The van der Waals surface area contributed by atoms with E-state index in [-0.39, 0.29) is 31.5 Å². The summed E-state index contributed by atoms with van der Waals surface area (Å²) >= 11 is 0. The SMILES string of the molecule is CC/C=C\C/C=C\C/C=C\C/C=C\C/C=C\C/C=C\CCC(=O)OCCCNCC(=O)[C@@H](O)C(C)(C)CO. The minimum absolute atomic E-state index is 0.0151. The second-order valence-electron chi connectivity index (χ2n) is 9.72. The van der Waals surface area contributed by atoms with Gasteiger partial charge in [-0.25, -0.2) is 0 Å². The number of Topliss-reactive ketones (excluding diaryl/α,β-unsaturated/α-hetero) is 1. The van der Waals surface area contributed by atoms with Crippen molar-refractivity contribution in [2.24, 2.45) is 5.41 Å². The lowest BCUT2D eigenvalue weighted by molar-refractivity contribution is -0.143. The maximum Gasteiger partial charge on any atom is 0.306 e. The Balaban J connectivity index is 3.67. The highest BCUT2D eigenvalue weighted by Gasteiger charge is 2.32. The van der Waals surface area contributed by atoms with Gasteiger partial charge < -0.3 is 20.3 Å². The zero-order valence-corrected chi connectivity index (χ0v) is 23.8. The van der Waals surface area contributed by atoms with E-state index in [4.69, 9.17) is 4.74 Å². The van der Waals surface area contributed by atoms with Crippen molar-refractivity contribution < 1.29 is 24.5 Å². The van der Waals surface area contributed by atoms with Gasteiger partial charge in [-0.1, -0.05) is 93.7 Å². The molecule has 0 amide bonds. The Labute approximate surface area is 230 Å². The van der Waals surface area contributed by atoms with E-state index in [0.29, 0.717) is 25.8 Å². The van der Waals surface area contributed by atoms with Crippen LogP contribution in [0.1, 0.15) is 78.6 Å². The lowest BCUT2D eigenvalue weighted by Crippen LogP contribution is -2.43. The van der Waals surface area contributed by atoms with Crippen LogP contribution in [0.2, 0.25) is 0 Å². The number of aliphatic hydroxyl groups is 2. The molecule has 0 aliphatic rings. The molecule has 0 aliphatic heterocycles. The fourth-order valence-electron chi connectivity index (χ4n) is 3.13. The molecule has 0 heterocycles. The Morgan fingerprint density at radius 1 is 0.816 bits per heavy atom. The quantitative estimate of drug-likeness (QED) is 0.0862. The lowest BCUT2D eigenvalue weighted by atomic mass is 9.85. The summed E-state index contributed by atoms with van der Waals surface area (Å²) in [6.07, 6.45) is 32.0. The predicted molar refractivity (Wildman–Crippen MR) is 158 cm³/mol. The van der Waals surface area contributed by atoms with E-state index in [1.165, 1.54) is 0 Å². The van der Waals surface area contributed by atoms with Gasteiger partial charge in [0, 0.05) is 11.8 Å². The van der Waals surface area contributed by atoms with E-state index in [0.717, 1.165) is 38.5 Å². The number of carbonyl (C=O) groups is 2. The molecular formula is C32H51NO5. The van der Waals surface area contributed by atoms with Crippen LogP contribution in [-0.4, -0.2) is 54.4 Å². The van der Waals surface area contributed by atoms with Gasteiger partial charge >= 0.3 is 5.97 Å². The summed E-state index contributed by atoms with van der Waals surface area (Å²) in [6, 6.07) is 0. The smallest absolute Gasteiger partial charge is 0.306 e. The van der Waals surface area contributed by atoms with Gasteiger partial charge in [0.05, 0.1) is 19.8 Å². The Morgan fingerprint density at radius 2 is 1.29 bits per heavy atom. The standard InChI is InChI=1S/C32H51NO5/c1-4-5-6-7-8-9-10-11-12-13-14-15-16-17-18-19-20-21-22-24-30(36)38-26-23-25-33-27-29(35)31(37)32(2,3)28-34/h5-6,8-9,11-12,14-15,17-18,20-21,31,33-34,37H,4,7,10,13,16,19,22-28H2,1-3H3/b6-5-,9-8-,12-11-,15-14-,18-17-,21-20-/t31-/m1/s1. The molecule has 0 aliphatic carbocycles. The van der Waals surface area contributed by atoms with Crippen molar-refractivity contribution in [1.82, 2.24) is 5.32 Å². The number of allylic oxidation sites excluding steroid dienone is 12. The molecule has 6 nitrogen and oxygen atoms in total. The van der Waals surface area contributed by atoms with Crippen LogP contribution in [0.15, 0.2) is 72.9 Å². The average molecular weight is 530 g/mol. The number of carbonyl (C=O) groups excluding carboxylic acids is 2. The van der Waals surface area contributed by atoms with Gasteiger partial charge in [-0.3, -0.25) is 9.59 Å². The van der Waals surface area contributed by atoms with Crippen molar-refractivity contribution in [3.63, 3.8) is 0 Å². The first-order valence-corrected chi connectivity index (χ1v) is 13.9. The third-order valence-electron chi connectivity index (χ3n) is 5.62. The average Bonchev–Trinajstić information content (AvgIpc) is 2.91. The second kappa shape index (κ2) is 24.8. The van der Waals surface area contributed by atoms with Gasteiger partial charge in [-0.15, -0.1) is 0 Å². The molecule has 1 atom stereocenters. The summed E-state index contributed by atoms with van der Waals surface area (Å²) in [7, 11) is 0. The van der Waals surface area contributed by atoms with Gasteiger partial charge in [0.1, 0.15) is 6.10 Å². The zero-order chi connectivity index (χ0) is 28.3. The van der Waals surface area contributed by atoms with E-state index < -0.39 is 11.5 Å². The Morgan fingerprint density at radius 3 is 1.76 bits per heavy atom. The molecule has 214 valence electrons. The van der Waals surface area contributed by atoms with Crippen molar-refractivity contribution in [3.8, 4) is 0 Å². The maximum atomic E-state index is 11.9. The van der Waals surface area contributed by atoms with Crippen LogP contribution in [0.5, 0.6) is 0 Å². The van der Waals surface area contributed by atoms with Crippen LogP contribution in [0, 0.1) is 5.41 Å². The summed E-state index contributed by atoms with van der Waals surface area (Å²) in [5, 5.41) is 22.1. The topological polar surface area (TPSA) is 95.9 Å². The first kappa shape index (κ1) is 35.5. The van der Waals surface area contributed by atoms with E-state index in [2.05, 4.69) is 79.1 Å². The molecule has 0 radical (unpaired) electrons. The maximum absolute atomic E-state index is 11.9. The van der Waals surface area contributed by atoms with E-state index in [9.17, 15) is 19.8 Å². The molecule has 0 spiro atoms. The number of nitrogens with one attached hydrogen (secondary N) is 1. The fraction of sp³-hybridized carbons (Fsp3) is 0.562. The number of hydrogen-bond donors (Lipinski definition) is 3. The van der Waals surface area contributed by atoms with Gasteiger partial charge in [0.15, 0.2) is 5.78 Å². The normalized spacial score (nSPS) is 13.8. The summed E-state index contributed by atoms with van der Waals surface area (Å²) in [4.78, 5) is 23.7. The summed E-state index contributed by atoms with van der Waals surface area (Å²) < 4.78 is 5.19. The van der Waals surface area contributed by atoms with Gasteiger partial charge in [0.25, 0.3) is 0 Å². The summed E-state index contributed by atoms with van der Waals surface area (Å²) in [5.41, 5.74) is -0.864. The number of ether oxygens (including phenoxy) is 1. The van der Waals surface area contributed by atoms with Crippen molar-refractivity contribution in [3.05, 3.63) is 72.9 Å².